The van der Waals surface area contributed by atoms with E-state index in [-0.39, 0.29) is 0 Å². The Morgan fingerprint density at radius 1 is 1.24 bits per heavy atom. The number of benzene rings is 1. The van der Waals surface area contributed by atoms with Crippen molar-refractivity contribution in [2.45, 2.75) is 51.7 Å². The highest BCUT2D eigenvalue weighted by molar-refractivity contribution is 8.00. The normalized spacial score (nSPS) is 22.9. The molecule has 1 aromatic rings. The van der Waals surface area contributed by atoms with Crippen molar-refractivity contribution in [3.63, 3.8) is 0 Å². The lowest BCUT2D eigenvalue weighted by Crippen LogP contribution is -2.40. The summed E-state index contributed by atoms with van der Waals surface area (Å²) < 4.78 is 0. The minimum absolute atomic E-state index is 0.707. The van der Waals surface area contributed by atoms with E-state index in [0.29, 0.717) is 5.92 Å². The van der Waals surface area contributed by atoms with Gasteiger partial charge in [0.2, 0.25) is 0 Å². The Bertz CT molecular complexity index is 449. The molecule has 2 atom stereocenters. The summed E-state index contributed by atoms with van der Waals surface area (Å²) >= 11 is 2.11. The Balaban J connectivity index is 2.01. The molecule has 0 saturated carbocycles. The Morgan fingerprint density at radius 3 is 2.48 bits per heavy atom. The Labute approximate surface area is 134 Å². The summed E-state index contributed by atoms with van der Waals surface area (Å²) in [5, 5.41) is 4.99. The molecule has 1 fully saturated rings. The molecule has 2 nitrogen and oxygen atoms in total. The number of rotatable bonds is 5. The zero-order valence-corrected chi connectivity index (χ0v) is 15.0. The van der Waals surface area contributed by atoms with E-state index < -0.39 is 0 Å². The van der Waals surface area contributed by atoms with E-state index in [1.54, 1.807) is 0 Å². The molecule has 118 valence electrons. The standard InChI is InChI=1S/C18H30N2S/c1-13(2)9-19-10-17-6-7-18(8-14(17)3)20-11-15(4)21-16(5)12-20/h6-8,13,15-16,19H,9-12H2,1-5H3. The van der Waals surface area contributed by atoms with Crippen LogP contribution in [-0.2, 0) is 6.54 Å². The first-order valence-electron chi connectivity index (χ1n) is 8.16. The third-order valence-corrected chi connectivity index (χ3v) is 5.21. The Kier molecular flexibility index (Phi) is 6.00. The molecule has 1 N–H and O–H groups in total. The maximum Gasteiger partial charge on any atom is 0.0369 e. The summed E-state index contributed by atoms with van der Waals surface area (Å²) in [4.78, 5) is 2.55. The third kappa shape index (κ3) is 4.93. The van der Waals surface area contributed by atoms with Gasteiger partial charge in [0.1, 0.15) is 0 Å². The predicted molar refractivity (Wildman–Crippen MR) is 96.5 cm³/mol. The number of nitrogens with one attached hydrogen (secondary N) is 1. The molecule has 0 aromatic heterocycles. The highest BCUT2D eigenvalue weighted by atomic mass is 32.2. The van der Waals surface area contributed by atoms with Crippen LogP contribution in [0, 0.1) is 12.8 Å². The summed E-state index contributed by atoms with van der Waals surface area (Å²) in [7, 11) is 0. The van der Waals surface area contributed by atoms with Gasteiger partial charge in [0.05, 0.1) is 0 Å². The zero-order chi connectivity index (χ0) is 15.4. The summed E-state index contributed by atoms with van der Waals surface area (Å²) in [5.41, 5.74) is 4.22. The molecular weight excluding hydrogens is 276 g/mol. The molecule has 0 aliphatic carbocycles. The second-order valence-corrected chi connectivity index (χ2v) is 8.68. The molecule has 0 bridgehead atoms. The van der Waals surface area contributed by atoms with Gasteiger partial charge in [-0.3, -0.25) is 0 Å². The lowest BCUT2D eigenvalue weighted by molar-refractivity contribution is 0.551. The molecule has 0 spiro atoms. The van der Waals surface area contributed by atoms with E-state index in [0.717, 1.165) is 23.6 Å². The van der Waals surface area contributed by atoms with Gasteiger partial charge in [-0.25, -0.2) is 0 Å². The fourth-order valence-electron chi connectivity index (χ4n) is 2.96. The molecule has 1 aliphatic rings. The van der Waals surface area contributed by atoms with Crippen LogP contribution in [0.5, 0.6) is 0 Å². The van der Waals surface area contributed by atoms with Crippen molar-refractivity contribution in [2.75, 3.05) is 24.5 Å². The number of hydrogen-bond acceptors (Lipinski definition) is 3. The lowest BCUT2D eigenvalue weighted by Gasteiger charge is -2.36. The maximum atomic E-state index is 3.54. The molecule has 0 radical (unpaired) electrons. The first-order chi connectivity index (χ1) is 9.95. The summed E-state index contributed by atoms with van der Waals surface area (Å²) in [6.45, 7) is 15.8. The smallest absolute Gasteiger partial charge is 0.0369 e. The minimum Gasteiger partial charge on any atom is -0.369 e. The van der Waals surface area contributed by atoms with E-state index in [1.807, 2.05) is 0 Å². The summed E-state index contributed by atoms with van der Waals surface area (Å²) in [5.74, 6) is 0.707. The van der Waals surface area contributed by atoms with Crippen LogP contribution < -0.4 is 10.2 Å². The lowest BCUT2D eigenvalue weighted by atomic mass is 10.1. The van der Waals surface area contributed by atoms with Crippen LogP contribution in [0.3, 0.4) is 0 Å². The maximum absolute atomic E-state index is 3.54. The number of nitrogens with zero attached hydrogens (tertiary/aromatic N) is 1. The molecule has 0 amide bonds. The SMILES string of the molecule is Cc1cc(N2CC(C)SC(C)C2)ccc1CNCC(C)C. The van der Waals surface area contributed by atoms with E-state index in [9.17, 15) is 0 Å². The van der Waals surface area contributed by atoms with Crippen molar-refractivity contribution >= 4 is 17.4 Å². The molecule has 21 heavy (non-hydrogen) atoms. The van der Waals surface area contributed by atoms with Crippen LogP contribution in [0.1, 0.15) is 38.8 Å². The number of thioether (sulfide) groups is 1. The second-order valence-electron chi connectivity index (χ2n) is 6.80. The van der Waals surface area contributed by atoms with E-state index in [2.05, 4.69) is 74.8 Å². The molecule has 1 heterocycles. The highest BCUT2D eigenvalue weighted by Crippen LogP contribution is 2.29. The van der Waals surface area contributed by atoms with Gasteiger partial charge >= 0.3 is 0 Å². The van der Waals surface area contributed by atoms with Crippen LogP contribution in [0.2, 0.25) is 0 Å². The first-order valence-corrected chi connectivity index (χ1v) is 9.10. The predicted octanol–water partition coefficient (Wildman–Crippen LogP) is 4.07. The van der Waals surface area contributed by atoms with Gasteiger partial charge in [-0.1, -0.05) is 33.8 Å². The molecule has 3 heteroatoms. The molecule has 1 aliphatic heterocycles. The van der Waals surface area contributed by atoms with E-state index in [4.69, 9.17) is 0 Å². The Hall–Kier alpha value is -0.670. The van der Waals surface area contributed by atoms with Gasteiger partial charge in [-0.15, -0.1) is 0 Å². The van der Waals surface area contributed by atoms with Crippen molar-refractivity contribution in [2.24, 2.45) is 5.92 Å². The highest BCUT2D eigenvalue weighted by Gasteiger charge is 2.22. The van der Waals surface area contributed by atoms with Gasteiger partial charge in [0.25, 0.3) is 0 Å². The van der Waals surface area contributed by atoms with Crippen LogP contribution in [-0.4, -0.2) is 30.1 Å². The van der Waals surface area contributed by atoms with E-state index in [1.165, 1.54) is 29.9 Å². The Morgan fingerprint density at radius 2 is 1.90 bits per heavy atom. The summed E-state index contributed by atoms with van der Waals surface area (Å²) in [6.07, 6.45) is 0. The molecule has 2 rings (SSSR count). The molecule has 2 unspecified atom stereocenters. The van der Waals surface area contributed by atoms with Gasteiger partial charge in [-0.2, -0.15) is 11.8 Å². The third-order valence-electron chi connectivity index (χ3n) is 3.98. The van der Waals surface area contributed by atoms with Gasteiger partial charge in [-0.05, 0) is 42.6 Å². The van der Waals surface area contributed by atoms with Crippen LogP contribution in [0.25, 0.3) is 0 Å². The first kappa shape index (κ1) is 16.7. The number of anilines is 1. The van der Waals surface area contributed by atoms with Crippen LogP contribution >= 0.6 is 11.8 Å². The number of hydrogen-bond donors (Lipinski definition) is 1. The fourth-order valence-corrected chi connectivity index (χ4v) is 4.28. The van der Waals surface area contributed by atoms with Gasteiger partial charge in [0.15, 0.2) is 0 Å². The molecule has 1 aromatic carbocycles. The molecule has 1 saturated heterocycles. The van der Waals surface area contributed by atoms with Crippen LogP contribution in [0.4, 0.5) is 5.69 Å². The monoisotopic (exact) mass is 306 g/mol. The average molecular weight is 307 g/mol. The van der Waals surface area contributed by atoms with Crippen molar-refractivity contribution in [1.82, 2.24) is 5.32 Å². The minimum atomic E-state index is 0.707. The van der Waals surface area contributed by atoms with Crippen LogP contribution in [0.15, 0.2) is 18.2 Å². The quantitative estimate of drug-likeness (QED) is 0.883. The largest absolute Gasteiger partial charge is 0.369 e. The second kappa shape index (κ2) is 7.55. The fraction of sp³-hybridized carbons (Fsp3) is 0.667. The average Bonchev–Trinajstić information content (AvgIpc) is 2.39. The number of aryl methyl sites for hydroxylation is 1. The zero-order valence-electron chi connectivity index (χ0n) is 14.1. The van der Waals surface area contributed by atoms with Gasteiger partial charge in [0, 0.05) is 35.8 Å². The van der Waals surface area contributed by atoms with Crippen molar-refractivity contribution in [3.8, 4) is 0 Å². The van der Waals surface area contributed by atoms with E-state index >= 15 is 0 Å². The van der Waals surface area contributed by atoms with Crippen molar-refractivity contribution in [1.29, 1.82) is 0 Å². The van der Waals surface area contributed by atoms with Gasteiger partial charge < -0.3 is 10.2 Å². The van der Waals surface area contributed by atoms with Crippen molar-refractivity contribution in [3.05, 3.63) is 29.3 Å². The summed E-state index contributed by atoms with van der Waals surface area (Å²) in [6, 6.07) is 6.96. The van der Waals surface area contributed by atoms with Crippen molar-refractivity contribution < 1.29 is 0 Å². The molecular formula is C18H30N2S. The topological polar surface area (TPSA) is 15.3 Å².